The van der Waals surface area contributed by atoms with E-state index in [0.717, 1.165) is 11.8 Å². The summed E-state index contributed by atoms with van der Waals surface area (Å²) in [7, 11) is 1.73. The number of aliphatic carboxylic acids is 1. The van der Waals surface area contributed by atoms with Crippen LogP contribution >= 0.6 is 0 Å². The van der Waals surface area contributed by atoms with Gasteiger partial charge in [-0.25, -0.2) is 4.79 Å². The molecular formula is C10H11NO3. The van der Waals surface area contributed by atoms with E-state index in [1.807, 2.05) is 0 Å². The zero-order valence-corrected chi connectivity index (χ0v) is 7.71. The van der Waals surface area contributed by atoms with Gasteiger partial charge in [-0.1, -0.05) is 0 Å². The molecule has 0 heterocycles. The number of phenols is 1. The molecule has 1 aromatic carbocycles. The van der Waals surface area contributed by atoms with Crippen molar-refractivity contribution in [3.05, 3.63) is 36.5 Å². The molecule has 0 atom stereocenters. The minimum absolute atomic E-state index is 0.185. The molecule has 2 N–H and O–H groups in total. The van der Waals surface area contributed by atoms with Gasteiger partial charge in [0.2, 0.25) is 0 Å². The molecule has 0 aliphatic carbocycles. The Balaban J connectivity index is 2.74. The first-order chi connectivity index (χ1) is 6.59. The minimum atomic E-state index is -0.990. The van der Waals surface area contributed by atoms with Gasteiger partial charge in [-0.05, 0) is 24.3 Å². The third-order valence-electron chi connectivity index (χ3n) is 1.70. The van der Waals surface area contributed by atoms with Crippen molar-refractivity contribution < 1.29 is 15.0 Å². The van der Waals surface area contributed by atoms with Gasteiger partial charge in [-0.15, -0.1) is 0 Å². The van der Waals surface area contributed by atoms with Crippen molar-refractivity contribution in [3.63, 3.8) is 0 Å². The summed E-state index contributed by atoms with van der Waals surface area (Å²) in [6.07, 6.45) is 2.49. The lowest BCUT2D eigenvalue weighted by molar-refractivity contribution is -0.131. The van der Waals surface area contributed by atoms with E-state index in [2.05, 4.69) is 0 Å². The van der Waals surface area contributed by atoms with Crippen molar-refractivity contribution >= 4 is 11.7 Å². The number of aromatic hydroxyl groups is 1. The average molecular weight is 193 g/mol. The average Bonchev–Trinajstić information content (AvgIpc) is 2.15. The van der Waals surface area contributed by atoms with Gasteiger partial charge < -0.3 is 15.1 Å². The predicted molar refractivity (Wildman–Crippen MR) is 53.3 cm³/mol. The number of anilines is 1. The number of benzene rings is 1. The Morgan fingerprint density at radius 1 is 1.36 bits per heavy atom. The summed E-state index contributed by atoms with van der Waals surface area (Å²) < 4.78 is 0. The van der Waals surface area contributed by atoms with Gasteiger partial charge in [0.25, 0.3) is 0 Å². The SMILES string of the molecule is CN(/C=C/C(=O)O)c1ccc(O)cc1. The first kappa shape index (κ1) is 10.1. The Morgan fingerprint density at radius 3 is 2.43 bits per heavy atom. The molecule has 4 nitrogen and oxygen atoms in total. The van der Waals surface area contributed by atoms with E-state index in [4.69, 9.17) is 10.2 Å². The van der Waals surface area contributed by atoms with E-state index < -0.39 is 5.97 Å². The number of phenolic OH excluding ortho intramolecular Hbond substituents is 1. The molecule has 4 heteroatoms. The molecule has 74 valence electrons. The van der Waals surface area contributed by atoms with Crippen molar-refractivity contribution in [1.29, 1.82) is 0 Å². The van der Waals surface area contributed by atoms with Gasteiger partial charge >= 0.3 is 5.97 Å². The summed E-state index contributed by atoms with van der Waals surface area (Å²) in [5, 5.41) is 17.4. The van der Waals surface area contributed by atoms with Crippen molar-refractivity contribution in [1.82, 2.24) is 0 Å². The molecule has 1 rings (SSSR count). The lowest BCUT2D eigenvalue weighted by atomic mass is 10.3. The van der Waals surface area contributed by atoms with Crippen LogP contribution in [0.5, 0.6) is 5.75 Å². The smallest absolute Gasteiger partial charge is 0.329 e. The van der Waals surface area contributed by atoms with Crippen LogP contribution < -0.4 is 4.90 Å². The van der Waals surface area contributed by atoms with Gasteiger partial charge in [-0.3, -0.25) is 0 Å². The van der Waals surface area contributed by atoms with Crippen LogP contribution in [0.3, 0.4) is 0 Å². The zero-order valence-electron chi connectivity index (χ0n) is 7.71. The standard InChI is InChI=1S/C10H11NO3/c1-11(7-6-10(13)14)8-2-4-9(12)5-3-8/h2-7,12H,1H3,(H,13,14)/b7-6+. The van der Waals surface area contributed by atoms with Gasteiger partial charge in [0.05, 0.1) is 0 Å². The van der Waals surface area contributed by atoms with E-state index in [0.29, 0.717) is 0 Å². The highest BCUT2D eigenvalue weighted by Gasteiger charge is 1.96. The second-order valence-corrected chi connectivity index (χ2v) is 2.78. The van der Waals surface area contributed by atoms with Crippen LogP contribution in [-0.4, -0.2) is 23.2 Å². The van der Waals surface area contributed by atoms with Crippen molar-refractivity contribution in [2.24, 2.45) is 0 Å². The zero-order chi connectivity index (χ0) is 10.6. The Kier molecular flexibility index (Phi) is 3.12. The third-order valence-corrected chi connectivity index (χ3v) is 1.70. The molecule has 1 aromatic rings. The molecular weight excluding hydrogens is 182 g/mol. The lowest BCUT2D eigenvalue weighted by Gasteiger charge is -2.13. The monoisotopic (exact) mass is 193 g/mol. The summed E-state index contributed by atoms with van der Waals surface area (Å²) in [6.45, 7) is 0. The van der Waals surface area contributed by atoms with Crippen molar-refractivity contribution in [3.8, 4) is 5.75 Å². The van der Waals surface area contributed by atoms with Crippen LogP contribution in [0.15, 0.2) is 36.5 Å². The Morgan fingerprint density at radius 2 is 1.93 bits per heavy atom. The summed E-state index contributed by atoms with van der Waals surface area (Å²) in [6, 6.07) is 6.48. The van der Waals surface area contributed by atoms with Crippen LogP contribution in [0.4, 0.5) is 5.69 Å². The lowest BCUT2D eigenvalue weighted by Crippen LogP contribution is -2.08. The fraction of sp³-hybridized carbons (Fsp3) is 0.100. The summed E-state index contributed by atoms with van der Waals surface area (Å²) in [4.78, 5) is 11.9. The van der Waals surface area contributed by atoms with E-state index in [9.17, 15) is 4.79 Å². The molecule has 0 bridgehead atoms. The number of hydrogen-bond acceptors (Lipinski definition) is 3. The van der Waals surface area contributed by atoms with Crippen LogP contribution in [0.2, 0.25) is 0 Å². The van der Waals surface area contributed by atoms with Crippen molar-refractivity contribution in [2.75, 3.05) is 11.9 Å². The minimum Gasteiger partial charge on any atom is -0.508 e. The second kappa shape index (κ2) is 4.32. The molecule has 0 aromatic heterocycles. The molecule has 0 aliphatic heterocycles. The maximum absolute atomic E-state index is 10.2. The maximum Gasteiger partial charge on any atom is 0.329 e. The van der Waals surface area contributed by atoms with Crippen LogP contribution in [0.1, 0.15) is 0 Å². The maximum atomic E-state index is 10.2. The normalized spacial score (nSPS) is 10.4. The Hall–Kier alpha value is -1.97. The van der Waals surface area contributed by atoms with Crippen LogP contribution in [0, 0.1) is 0 Å². The number of hydrogen-bond donors (Lipinski definition) is 2. The van der Waals surface area contributed by atoms with E-state index in [-0.39, 0.29) is 5.75 Å². The summed E-state index contributed by atoms with van der Waals surface area (Å²) >= 11 is 0. The highest BCUT2D eigenvalue weighted by molar-refractivity contribution is 5.80. The highest BCUT2D eigenvalue weighted by atomic mass is 16.4. The van der Waals surface area contributed by atoms with Gasteiger partial charge in [0.1, 0.15) is 5.75 Å². The Labute approximate surface area is 81.7 Å². The quantitative estimate of drug-likeness (QED) is 0.713. The van der Waals surface area contributed by atoms with Gasteiger partial charge in [0.15, 0.2) is 0 Å². The molecule has 0 saturated carbocycles. The number of rotatable bonds is 3. The molecule has 0 aliphatic rings. The van der Waals surface area contributed by atoms with E-state index in [1.54, 1.807) is 36.2 Å². The van der Waals surface area contributed by atoms with Crippen LogP contribution in [-0.2, 0) is 4.79 Å². The van der Waals surface area contributed by atoms with Gasteiger partial charge in [-0.2, -0.15) is 0 Å². The number of nitrogens with zero attached hydrogens (tertiary/aromatic N) is 1. The molecule has 14 heavy (non-hydrogen) atoms. The van der Waals surface area contributed by atoms with E-state index in [1.165, 1.54) is 6.20 Å². The largest absolute Gasteiger partial charge is 0.508 e. The summed E-state index contributed by atoms with van der Waals surface area (Å²) in [5.41, 5.74) is 0.806. The number of carboxylic acid groups (broad SMARTS) is 1. The predicted octanol–water partition coefficient (Wildman–Crippen LogP) is 1.43. The first-order valence-electron chi connectivity index (χ1n) is 4.02. The molecule has 0 amide bonds. The highest BCUT2D eigenvalue weighted by Crippen LogP contribution is 2.16. The van der Waals surface area contributed by atoms with E-state index >= 15 is 0 Å². The van der Waals surface area contributed by atoms with Gasteiger partial charge in [0, 0.05) is 25.0 Å². The third kappa shape index (κ3) is 2.82. The molecule has 0 unspecified atom stereocenters. The van der Waals surface area contributed by atoms with Crippen LogP contribution in [0.25, 0.3) is 0 Å². The molecule has 0 spiro atoms. The first-order valence-corrected chi connectivity index (χ1v) is 4.02. The van der Waals surface area contributed by atoms with Crippen molar-refractivity contribution in [2.45, 2.75) is 0 Å². The number of carbonyl (C=O) groups is 1. The Bertz CT molecular complexity index is 343. The second-order valence-electron chi connectivity index (χ2n) is 2.78. The number of carboxylic acids is 1. The fourth-order valence-corrected chi connectivity index (χ4v) is 0.949. The molecule has 0 saturated heterocycles. The fourth-order valence-electron chi connectivity index (χ4n) is 0.949. The summed E-state index contributed by atoms with van der Waals surface area (Å²) in [5.74, 6) is -0.806. The topological polar surface area (TPSA) is 60.8 Å². The molecule has 0 fully saturated rings. The molecule has 0 radical (unpaired) electrons.